The molecule has 0 saturated carbocycles. The Morgan fingerprint density at radius 2 is 2.47 bits per heavy atom. The highest BCUT2D eigenvalue weighted by Gasteiger charge is 2.28. The second-order valence-corrected chi connectivity index (χ2v) is 3.62. The summed E-state index contributed by atoms with van der Waals surface area (Å²) in [7, 11) is 0. The van der Waals surface area contributed by atoms with Gasteiger partial charge in [0.1, 0.15) is 23.2 Å². The Balaban J connectivity index is 2.72. The minimum atomic E-state index is -0.630. The van der Waals surface area contributed by atoms with Crippen LogP contribution in [0, 0.1) is 17.1 Å². The molecule has 0 saturated heterocycles. The van der Waals surface area contributed by atoms with Gasteiger partial charge in [0.25, 0.3) is 0 Å². The van der Waals surface area contributed by atoms with E-state index in [1.54, 1.807) is 6.07 Å². The number of rotatable bonds is 1. The van der Waals surface area contributed by atoms with Gasteiger partial charge in [-0.1, -0.05) is 6.92 Å². The maximum absolute atomic E-state index is 13.4. The molecule has 4 heteroatoms. The van der Waals surface area contributed by atoms with Gasteiger partial charge in [-0.25, -0.2) is 4.39 Å². The first kappa shape index (κ1) is 9.94. The van der Waals surface area contributed by atoms with Crippen molar-refractivity contribution in [3.05, 3.63) is 28.6 Å². The molecule has 15 heavy (non-hydrogen) atoms. The molecule has 0 bridgehead atoms. The summed E-state index contributed by atoms with van der Waals surface area (Å²) < 4.78 is 18.7. The third-order valence-corrected chi connectivity index (χ3v) is 2.61. The van der Waals surface area contributed by atoms with E-state index in [1.807, 2.05) is 6.92 Å². The van der Waals surface area contributed by atoms with Gasteiger partial charge in [-0.15, -0.1) is 0 Å². The highest BCUT2D eigenvalue weighted by Crippen LogP contribution is 2.40. The Hall–Kier alpha value is -1.60. The quantitative estimate of drug-likeness (QED) is 0.762. The normalized spacial score (nSPS) is 18.1. The third-order valence-electron chi connectivity index (χ3n) is 2.61. The van der Waals surface area contributed by atoms with Gasteiger partial charge in [0.15, 0.2) is 0 Å². The summed E-state index contributed by atoms with van der Waals surface area (Å²) >= 11 is 0. The van der Waals surface area contributed by atoms with Gasteiger partial charge < -0.3 is 9.84 Å². The molecule has 78 valence electrons. The summed E-state index contributed by atoms with van der Waals surface area (Å²) in [6, 6.07) is 3.00. The summed E-state index contributed by atoms with van der Waals surface area (Å²) in [5, 5.41) is 17.9. The van der Waals surface area contributed by atoms with Crippen molar-refractivity contribution in [1.82, 2.24) is 0 Å². The Morgan fingerprint density at radius 1 is 1.73 bits per heavy atom. The molecule has 0 amide bonds. The maximum Gasteiger partial charge on any atom is 0.145 e. The van der Waals surface area contributed by atoms with Gasteiger partial charge in [-0.05, 0) is 11.6 Å². The van der Waals surface area contributed by atoms with Crippen molar-refractivity contribution in [3.8, 4) is 11.8 Å². The molecule has 1 unspecified atom stereocenters. The van der Waals surface area contributed by atoms with Crippen LogP contribution in [0.5, 0.6) is 5.75 Å². The molecule has 1 heterocycles. The van der Waals surface area contributed by atoms with Crippen molar-refractivity contribution < 1.29 is 14.2 Å². The average molecular weight is 207 g/mol. The zero-order valence-corrected chi connectivity index (χ0v) is 8.25. The van der Waals surface area contributed by atoms with E-state index in [-0.39, 0.29) is 18.1 Å². The second-order valence-electron chi connectivity index (χ2n) is 3.62. The van der Waals surface area contributed by atoms with Crippen molar-refractivity contribution >= 4 is 0 Å². The maximum atomic E-state index is 13.4. The number of ether oxygens (including phenoxy) is 1. The lowest BCUT2D eigenvalue weighted by Gasteiger charge is -2.09. The smallest absolute Gasteiger partial charge is 0.145 e. The van der Waals surface area contributed by atoms with Gasteiger partial charge >= 0.3 is 0 Å². The van der Waals surface area contributed by atoms with Crippen LogP contribution < -0.4 is 4.74 Å². The monoisotopic (exact) mass is 207 g/mol. The molecule has 1 aliphatic rings. The molecule has 1 aliphatic heterocycles. The molecule has 0 fully saturated rings. The SMILES string of the molecule is CC1COc2c(C#N)c(F)cc(CO)c21. The molecular weight excluding hydrogens is 197 g/mol. The van der Waals surface area contributed by atoms with Crippen LogP contribution >= 0.6 is 0 Å². The predicted molar refractivity (Wildman–Crippen MR) is 50.9 cm³/mol. The van der Waals surface area contributed by atoms with Crippen molar-refractivity contribution in [3.63, 3.8) is 0 Å². The summed E-state index contributed by atoms with van der Waals surface area (Å²) in [5.41, 5.74) is 1.20. The molecule has 0 radical (unpaired) electrons. The van der Waals surface area contributed by atoms with Gasteiger partial charge in [0.05, 0.1) is 13.2 Å². The van der Waals surface area contributed by atoms with E-state index in [2.05, 4.69) is 0 Å². The number of benzene rings is 1. The Labute approximate surface area is 86.7 Å². The van der Waals surface area contributed by atoms with Crippen LogP contribution in [0.15, 0.2) is 6.07 Å². The minimum absolute atomic E-state index is 0.0634. The van der Waals surface area contributed by atoms with Crippen molar-refractivity contribution in [1.29, 1.82) is 5.26 Å². The fourth-order valence-electron chi connectivity index (χ4n) is 1.91. The fraction of sp³-hybridized carbons (Fsp3) is 0.364. The molecule has 1 aromatic carbocycles. The lowest BCUT2D eigenvalue weighted by atomic mass is 9.95. The highest BCUT2D eigenvalue weighted by atomic mass is 19.1. The van der Waals surface area contributed by atoms with E-state index >= 15 is 0 Å². The Morgan fingerprint density at radius 3 is 3.07 bits per heavy atom. The largest absolute Gasteiger partial charge is 0.491 e. The molecule has 0 aliphatic carbocycles. The van der Waals surface area contributed by atoms with E-state index in [9.17, 15) is 4.39 Å². The molecule has 3 nitrogen and oxygen atoms in total. The zero-order chi connectivity index (χ0) is 11.0. The Bertz CT molecular complexity index is 451. The zero-order valence-electron chi connectivity index (χ0n) is 8.25. The lowest BCUT2D eigenvalue weighted by Crippen LogP contribution is -1.98. The number of fused-ring (bicyclic) bond motifs is 1. The van der Waals surface area contributed by atoms with Gasteiger partial charge in [0, 0.05) is 11.5 Å². The Kier molecular flexibility index (Phi) is 2.33. The van der Waals surface area contributed by atoms with E-state index in [0.29, 0.717) is 17.9 Å². The van der Waals surface area contributed by atoms with Crippen LogP contribution in [0.25, 0.3) is 0 Å². The fourth-order valence-corrected chi connectivity index (χ4v) is 1.91. The standard InChI is InChI=1S/C11H10FNO2/c1-6-5-15-11-8(3-13)9(12)2-7(4-14)10(6)11/h2,6,14H,4-5H2,1H3. The summed E-state index contributed by atoms with van der Waals surface area (Å²) in [6.07, 6.45) is 0. The molecule has 1 N–H and O–H groups in total. The van der Waals surface area contributed by atoms with E-state index in [0.717, 1.165) is 5.56 Å². The molecule has 0 spiro atoms. The van der Waals surface area contributed by atoms with E-state index < -0.39 is 5.82 Å². The van der Waals surface area contributed by atoms with Crippen LogP contribution in [0.2, 0.25) is 0 Å². The summed E-state index contributed by atoms with van der Waals surface area (Å²) in [5.74, 6) is -0.238. The summed E-state index contributed by atoms with van der Waals surface area (Å²) in [6.45, 7) is 2.11. The van der Waals surface area contributed by atoms with E-state index in [4.69, 9.17) is 15.1 Å². The van der Waals surface area contributed by atoms with Crippen LogP contribution in [0.1, 0.15) is 29.5 Å². The van der Waals surface area contributed by atoms with Gasteiger partial charge in [-0.2, -0.15) is 5.26 Å². The van der Waals surface area contributed by atoms with Crippen LogP contribution in [0.4, 0.5) is 4.39 Å². The van der Waals surface area contributed by atoms with Crippen molar-refractivity contribution in [2.45, 2.75) is 19.4 Å². The predicted octanol–water partition coefficient (Wildman–Crippen LogP) is 1.69. The second kappa shape index (κ2) is 3.52. The molecule has 1 atom stereocenters. The number of nitrogens with zero attached hydrogens (tertiary/aromatic N) is 1. The molecular formula is C11H10FNO2. The minimum Gasteiger partial charge on any atom is -0.491 e. The lowest BCUT2D eigenvalue weighted by molar-refractivity contribution is 0.279. The summed E-state index contributed by atoms with van der Waals surface area (Å²) in [4.78, 5) is 0. The highest BCUT2D eigenvalue weighted by molar-refractivity contribution is 5.56. The van der Waals surface area contributed by atoms with Crippen LogP contribution in [-0.4, -0.2) is 11.7 Å². The van der Waals surface area contributed by atoms with Crippen LogP contribution in [-0.2, 0) is 6.61 Å². The van der Waals surface area contributed by atoms with Crippen molar-refractivity contribution in [2.24, 2.45) is 0 Å². The first-order valence-corrected chi connectivity index (χ1v) is 4.68. The topological polar surface area (TPSA) is 53.2 Å². The molecule has 1 aromatic rings. The third kappa shape index (κ3) is 1.36. The number of hydrogen-bond donors (Lipinski definition) is 1. The number of nitriles is 1. The first-order chi connectivity index (χ1) is 7.19. The molecule has 0 aromatic heterocycles. The number of hydrogen-bond acceptors (Lipinski definition) is 3. The number of aliphatic hydroxyl groups excluding tert-OH is 1. The van der Waals surface area contributed by atoms with Crippen molar-refractivity contribution in [2.75, 3.05) is 6.61 Å². The average Bonchev–Trinajstić information content (AvgIpc) is 2.60. The van der Waals surface area contributed by atoms with Gasteiger partial charge in [0.2, 0.25) is 0 Å². The van der Waals surface area contributed by atoms with Gasteiger partial charge in [-0.3, -0.25) is 0 Å². The van der Waals surface area contributed by atoms with Crippen LogP contribution in [0.3, 0.4) is 0 Å². The van der Waals surface area contributed by atoms with E-state index in [1.165, 1.54) is 6.07 Å². The number of halogens is 1. The molecule has 2 rings (SSSR count). The number of aliphatic hydroxyl groups is 1. The first-order valence-electron chi connectivity index (χ1n) is 4.68.